The van der Waals surface area contributed by atoms with Crippen LogP contribution in [-0.2, 0) is 19.1 Å². The lowest BCUT2D eigenvalue weighted by Gasteiger charge is -2.17. The van der Waals surface area contributed by atoms with E-state index < -0.39 is 17.9 Å². The number of benzene rings is 1. The summed E-state index contributed by atoms with van der Waals surface area (Å²) >= 11 is 0. The number of ketones is 1. The summed E-state index contributed by atoms with van der Waals surface area (Å²) in [5.74, 6) is -2.72. The molecule has 0 atom stereocenters. The number of hydrogen-bond acceptors (Lipinski definition) is 5. The highest BCUT2D eigenvalue weighted by molar-refractivity contribution is 6.02. The summed E-state index contributed by atoms with van der Waals surface area (Å²) in [5.41, 5.74) is 0.953. The number of ether oxygens (including phenoxy) is 2. The highest BCUT2D eigenvalue weighted by Crippen LogP contribution is 2.22. The van der Waals surface area contributed by atoms with Crippen LogP contribution in [0.1, 0.15) is 44.0 Å². The molecule has 5 nitrogen and oxygen atoms in total. The van der Waals surface area contributed by atoms with E-state index in [0.29, 0.717) is 17.6 Å². The van der Waals surface area contributed by atoms with Gasteiger partial charge in [-0.25, -0.2) is 0 Å². The molecule has 0 saturated carbocycles. The molecule has 0 aliphatic rings. The van der Waals surface area contributed by atoms with Crippen LogP contribution in [0.5, 0.6) is 0 Å². The van der Waals surface area contributed by atoms with Gasteiger partial charge in [0.25, 0.3) is 0 Å². The number of carbonyl (C=O) groups is 3. The molecule has 0 aromatic heterocycles. The zero-order chi connectivity index (χ0) is 17.9. The molecule has 0 aliphatic heterocycles. The molecule has 0 saturated heterocycles. The number of esters is 2. The summed E-state index contributed by atoms with van der Waals surface area (Å²) in [7, 11) is 0. The Morgan fingerprint density at radius 1 is 0.958 bits per heavy atom. The number of rotatable bonds is 9. The molecule has 5 heteroatoms. The molecule has 0 fully saturated rings. The van der Waals surface area contributed by atoms with Crippen LogP contribution in [0.3, 0.4) is 0 Å². The summed E-state index contributed by atoms with van der Waals surface area (Å²) in [6.45, 7) is 5.51. The standard InChI is InChI=1S/C19H24O5/c1-4-10-15(13-16(20)14-11-8-7-9-12-14)17(18(21)23-5-2)19(22)24-6-3/h7-12,17H,4-6,13H2,1-3H3/b15-10-. The quantitative estimate of drug-likeness (QED) is 0.300. The van der Waals surface area contributed by atoms with Crippen LogP contribution in [0.2, 0.25) is 0 Å². The van der Waals surface area contributed by atoms with Gasteiger partial charge in [-0.05, 0) is 25.8 Å². The fourth-order valence-corrected chi connectivity index (χ4v) is 2.32. The van der Waals surface area contributed by atoms with Gasteiger partial charge in [0.1, 0.15) is 0 Å². The third kappa shape index (κ3) is 5.65. The second-order valence-corrected chi connectivity index (χ2v) is 5.09. The number of Topliss-reactive ketones (excluding diaryl/α,β-unsaturated/α-hetero) is 1. The van der Waals surface area contributed by atoms with Gasteiger partial charge < -0.3 is 9.47 Å². The molecular formula is C19H24O5. The zero-order valence-electron chi connectivity index (χ0n) is 14.4. The zero-order valence-corrected chi connectivity index (χ0v) is 14.4. The van der Waals surface area contributed by atoms with E-state index in [1.165, 1.54) is 0 Å². The lowest BCUT2D eigenvalue weighted by molar-refractivity contribution is -0.159. The third-order valence-electron chi connectivity index (χ3n) is 3.34. The van der Waals surface area contributed by atoms with E-state index in [1.54, 1.807) is 44.2 Å². The number of allylic oxidation sites excluding steroid dienone is 1. The molecular weight excluding hydrogens is 308 g/mol. The molecule has 1 aromatic carbocycles. The summed E-state index contributed by atoms with van der Waals surface area (Å²) in [6, 6.07) is 8.76. The van der Waals surface area contributed by atoms with Gasteiger partial charge in [-0.1, -0.05) is 43.3 Å². The number of hydrogen-bond donors (Lipinski definition) is 0. The molecule has 0 bridgehead atoms. The van der Waals surface area contributed by atoms with Crippen LogP contribution in [-0.4, -0.2) is 30.9 Å². The fraction of sp³-hybridized carbons (Fsp3) is 0.421. The Kier molecular flexibility index (Phi) is 8.47. The van der Waals surface area contributed by atoms with Gasteiger partial charge in [0.05, 0.1) is 13.2 Å². The average molecular weight is 332 g/mol. The SMILES string of the molecule is CC/C=C(/CC(=O)c1ccccc1)C(C(=O)OCC)C(=O)OCC. The van der Waals surface area contributed by atoms with Crippen molar-refractivity contribution in [2.75, 3.05) is 13.2 Å². The second kappa shape index (κ2) is 10.4. The van der Waals surface area contributed by atoms with Crippen molar-refractivity contribution in [3.63, 3.8) is 0 Å². The van der Waals surface area contributed by atoms with Gasteiger partial charge in [0.2, 0.25) is 0 Å². The van der Waals surface area contributed by atoms with Crippen LogP contribution in [0, 0.1) is 5.92 Å². The van der Waals surface area contributed by atoms with Gasteiger partial charge in [-0.3, -0.25) is 14.4 Å². The van der Waals surface area contributed by atoms with Crippen LogP contribution < -0.4 is 0 Å². The van der Waals surface area contributed by atoms with E-state index in [2.05, 4.69) is 0 Å². The molecule has 1 rings (SSSR count). The summed E-state index contributed by atoms with van der Waals surface area (Å²) in [4.78, 5) is 36.9. The Bertz CT molecular complexity index is 571. The molecule has 0 N–H and O–H groups in total. The smallest absolute Gasteiger partial charge is 0.324 e. The minimum Gasteiger partial charge on any atom is -0.465 e. The Labute approximate surface area is 142 Å². The molecule has 1 aromatic rings. The van der Waals surface area contributed by atoms with Crippen molar-refractivity contribution in [1.82, 2.24) is 0 Å². The predicted molar refractivity (Wildman–Crippen MR) is 90.5 cm³/mol. The topological polar surface area (TPSA) is 69.7 Å². The van der Waals surface area contributed by atoms with Crippen LogP contribution >= 0.6 is 0 Å². The third-order valence-corrected chi connectivity index (χ3v) is 3.34. The van der Waals surface area contributed by atoms with Crippen molar-refractivity contribution < 1.29 is 23.9 Å². The first-order chi connectivity index (χ1) is 11.5. The fourth-order valence-electron chi connectivity index (χ4n) is 2.32. The molecule has 0 spiro atoms. The molecule has 0 radical (unpaired) electrons. The lowest BCUT2D eigenvalue weighted by atomic mass is 9.91. The Morgan fingerprint density at radius 2 is 1.50 bits per heavy atom. The van der Waals surface area contributed by atoms with Crippen molar-refractivity contribution >= 4 is 17.7 Å². The van der Waals surface area contributed by atoms with Gasteiger partial charge >= 0.3 is 11.9 Å². The first-order valence-electron chi connectivity index (χ1n) is 8.15. The Balaban J connectivity index is 3.07. The van der Waals surface area contributed by atoms with Crippen molar-refractivity contribution in [3.8, 4) is 0 Å². The minimum absolute atomic E-state index is 0.0276. The molecule has 0 unspecified atom stereocenters. The molecule has 0 amide bonds. The lowest BCUT2D eigenvalue weighted by Crippen LogP contribution is -2.30. The molecule has 0 aliphatic carbocycles. The minimum atomic E-state index is -1.20. The Morgan fingerprint density at radius 3 is 1.96 bits per heavy atom. The molecule has 24 heavy (non-hydrogen) atoms. The summed E-state index contributed by atoms with van der Waals surface area (Å²) < 4.78 is 9.99. The molecule has 130 valence electrons. The maximum absolute atomic E-state index is 12.5. The largest absolute Gasteiger partial charge is 0.465 e. The van der Waals surface area contributed by atoms with Gasteiger partial charge in [0.15, 0.2) is 11.7 Å². The number of carbonyl (C=O) groups excluding carboxylic acids is 3. The monoisotopic (exact) mass is 332 g/mol. The van der Waals surface area contributed by atoms with E-state index in [1.807, 2.05) is 13.0 Å². The van der Waals surface area contributed by atoms with Gasteiger partial charge in [-0.15, -0.1) is 0 Å². The highest BCUT2D eigenvalue weighted by atomic mass is 16.6. The van der Waals surface area contributed by atoms with Gasteiger partial charge in [-0.2, -0.15) is 0 Å². The van der Waals surface area contributed by atoms with E-state index >= 15 is 0 Å². The van der Waals surface area contributed by atoms with Crippen molar-refractivity contribution in [2.45, 2.75) is 33.6 Å². The molecule has 0 heterocycles. The first-order valence-corrected chi connectivity index (χ1v) is 8.15. The summed E-state index contributed by atoms with van der Waals surface area (Å²) in [6.07, 6.45) is 2.28. The second-order valence-electron chi connectivity index (χ2n) is 5.09. The maximum Gasteiger partial charge on any atom is 0.324 e. The van der Waals surface area contributed by atoms with Crippen LogP contribution in [0.25, 0.3) is 0 Å². The van der Waals surface area contributed by atoms with Crippen molar-refractivity contribution in [1.29, 1.82) is 0 Å². The van der Waals surface area contributed by atoms with E-state index in [0.717, 1.165) is 0 Å². The van der Waals surface area contributed by atoms with Crippen LogP contribution in [0.15, 0.2) is 42.0 Å². The van der Waals surface area contributed by atoms with E-state index in [-0.39, 0.29) is 25.4 Å². The average Bonchev–Trinajstić information content (AvgIpc) is 2.56. The highest BCUT2D eigenvalue weighted by Gasteiger charge is 2.34. The Hall–Kier alpha value is -2.43. The van der Waals surface area contributed by atoms with Crippen LogP contribution in [0.4, 0.5) is 0 Å². The van der Waals surface area contributed by atoms with Gasteiger partial charge in [0, 0.05) is 12.0 Å². The predicted octanol–water partition coefficient (Wildman–Crippen LogP) is 3.34. The maximum atomic E-state index is 12.5. The summed E-state index contributed by atoms with van der Waals surface area (Å²) in [5, 5.41) is 0. The van der Waals surface area contributed by atoms with E-state index in [9.17, 15) is 14.4 Å². The van der Waals surface area contributed by atoms with Crippen molar-refractivity contribution in [3.05, 3.63) is 47.5 Å². The van der Waals surface area contributed by atoms with Crippen molar-refractivity contribution in [2.24, 2.45) is 5.92 Å². The van der Waals surface area contributed by atoms with E-state index in [4.69, 9.17) is 9.47 Å². The first kappa shape index (κ1) is 19.6. The normalized spacial score (nSPS) is 11.2.